The molecule has 1 amide bonds. The van der Waals surface area contributed by atoms with Gasteiger partial charge in [-0.05, 0) is 37.3 Å². The third kappa shape index (κ3) is 2.79. The monoisotopic (exact) mass is 353 g/mol. The van der Waals surface area contributed by atoms with Crippen LogP contribution in [0.5, 0.6) is 0 Å². The van der Waals surface area contributed by atoms with E-state index in [-0.39, 0.29) is 11.7 Å². The summed E-state index contributed by atoms with van der Waals surface area (Å²) in [4.78, 5) is 12.2. The predicted molar refractivity (Wildman–Crippen MR) is 89.6 cm³/mol. The highest BCUT2D eigenvalue weighted by Crippen LogP contribution is 2.31. The van der Waals surface area contributed by atoms with E-state index in [1.807, 2.05) is 0 Å². The van der Waals surface area contributed by atoms with Gasteiger partial charge in [0.15, 0.2) is 0 Å². The Labute approximate surface area is 140 Å². The molecule has 1 saturated heterocycles. The minimum Gasteiger partial charge on any atom is -0.307 e. The molecule has 1 aromatic carbocycles. The maximum atomic E-state index is 13.0. The van der Waals surface area contributed by atoms with Gasteiger partial charge in [-0.2, -0.15) is 5.10 Å². The Bertz CT molecular complexity index is 814. The first-order valence-electron chi connectivity index (χ1n) is 6.21. The molecule has 2 aromatic rings. The van der Waals surface area contributed by atoms with Crippen LogP contribution in [0.4, 0.5) is 4.39 Å². The first kappa shape index (κ1) is 15.2. The lowest BCUT2D eigenvalue weighted by Gasteiger charge is -2.02. The molecule has 1 aliphatic heterocycles. The summed E-state index contributed by atoms with van der Waals surface area (Å²) in [7, 11) is 0. The first-order chi connectivity index (χ1) is 10.5. The largest absolute Gasteiger partial charge is 0.307 e. The van der Waals surface area contributed by atoms with Crippen molar-refractivity contribution in [1.82, 2.24) is 15.1 Å². The van der Waals surface area contributed by atoms with Gasteiger partial charge < -0.3 is 5.32 Å². The molecule has 3 rings (SSSR count). The van der Waals surface area contributed by atoms with Gasteiger partial charge in [0.1, 0.15) is 15.3 Å². The van der Waals surface area contributed by atoms with E-state index >= 15 is 0 Å². The molecule has 0 atom stereocenters. The van der Waals surface area contributed by atoms with Gasteiger partial charge >= 0.3 is 0 Å². The van der Waals surface area contributed by atoms with Crippen LogP contribution < -0.4 is 5.32 Å². The topological polar surface area (TPSA) is 46.9 Å². The summed E-state index contributed by atoms with van der Waals surface area (Å²) in [5, 5.41) is 7.24. The average Bonchev–Trinajstić information content (AvgIpc) is 2.93. The van der Waals surface area contributed by atoms with Gasteiger partial charge in [0, 0.05) is 5.56 Å². The number of thiocarbonyl (C=S) groups is 1. The average molecular weight is 354 g/mol. The SMILES string of the molecule is Cc1nn(-c2ccc(F)cc2)c(Cl)c1/C=C1\SC(=S)NC1=O. The van der Waals surface area contributed by atoms with Crippen LogP contribution in [0, 0.1) is 12.7 Å². The number of nitrogens with one attached hydrogen (secondary N) is 1. The summed E-state index contributed by atoms with van der Waals surface area (Å²) in [5.74, 6) is -0.585. The number of carbonyl (C=O) groups excluding carboxylic acids is 1. The van der Waals surface area contributed by atoms with Gasteiger partial charge in [-0.1, -0.05) is 35.6 Å². The van der Waals surface area contributed by atoms with Crippen molar-refractivity contribution in [2.24, 2.45) is 0 Å². The van der Waals surface area contributed by atoms with Crippen LogP contribution >= 0.6 is 35.6 Å². The van der Waals surface area contributed by atoms with E-state index in [0.29, 0.717) is 31.3 Å². The highest BCUT2D eigenvalue weighted by atomic mass is 35.5. The molecule has 1 aromatic heterocycles. The Kier molecular flexibility index (Phi) is 4.03. The summed E-state index contributed by atoms with van der Waals surface area (Å²) in [6.45, 7) is 1.79. The number of amides is 1. The van der Waals surface area contributed by atoms with Gasteiger partial charge in [-0.3, -0.25) is 4.79 Å². The van der Waals surface area contributed by atoms with Gasteiger partial charge in [-0.25, -0.2) is 9.07 Å². The smallest absolute Gasteiger partial charge is 0.263 e. The van der Waals surface area contributed by atoms with Crippen molar-refractivity contribution in [1.29, 1.82) is 0 Å². The molecule has 22 heavy (non-hydrogen) atoms. The number of halogens is 2. The van der Waals surface area contributed by atoms with Crippen LogP contribution in [0.2, 0.25) is 5.15 Å². The fourth-order valence-electron chi connectivity index (χ4n) is 1.98. The second-order valence-corrected chi connectivity index (χ2v) is 6.61. The molecule has 4 nitrogen and oxygen atoms in total. The number of benzene rings is 1. The molecule has 1 aliphatic rings. The lowest BCUT2D eigenvalue weighted by Crippen LogP contribution is -2.17. The molecule has 0 unspecified atom stereocenters. The van der Waals surface area contributed by atoms with Gasteiger partial charge in [0.05, 0.1) is 16.3 Å². The van der Waals surface area contributed by atoms with Crippen LogP contribution in [0.15, 0.2) is 29.2 Å². The summed E-state index contributed by atoms with van der Waals surface area (Å²) in [6, 6.07) is 5.83. The van der Waals surface area contributed by atoms with Gasteiger partial charge in [0.2, 0.25) is 0 Å². The molecule has 1 N–H and O–H groups in total. The number of nitrogens with zero attached hydrogens (tertiary/aromatic N) is 2. The molecule has 0 saturated carbocycles. The molecular weight excluding hydrogens is 345 g/mol. The Morgan fingerprint density at radius 3 is 2.68 bits per heavy atom. The zero-order chi connectivity index (χ0) is 15.9. The zero-order valence-corrected chi connectivity index (χ0v) is 13.7. The standard InChI is InChI=1S/C14H9ClFN3OS2/c1-7-10(6-11-13(20)17-14(21)22-11)12(15)19(18-7)9-4-2-8(16)3-5-9/h2-6H,1H3,(H,17,20,21)/b11-6-. The van der Waals surface area contributed by atoms with E-state index in [2.05, 4.69) is 10.4 Å². The number of hydrogen-bond acceptors (Lipinski definition) is 4. The third-order valence-electron chi connectivity index (χ3n) is 3.04. The van der Waals surface area contributed by atoms with Crippen molar-refractivity contribution in [2.45, 2.75) is 6.92 Å². The Balaban J connectivity index is 2.04. The van der Waals surface area contributed by atoms with E-state index < -0.39 is 0 Å². The minimum atomic E-state index is -0.335. The fraction of sp³-hybridized carbons (Fsp3) is 0.0714. The summed E-state index contributed by atoms with van der Waals surface area (Å²) < 4.78 is 14.9. The Hall–Kier alpha value is -1.70. The van der Waals surface area contributed by atoms with Crippen molar-refractivity contribution < 1.29 is 9.18 Å². The molecule has 0 aliphatic carbocycles. The van der Waals surface area contributed by atoms with Crippen LogP contribution in [0.1, 0.15) is 11.3 Å². The van der Waals surface area contributed by atoms with E-state index in [9.17, 15) is 9.18 Å². The fourth-order valence-corrected chi connectivity index (χ4v) is 3.33. The lowest BCUT2D eigenvalue weighted by atomic mass is 10.2. The molecule has 8 heteroatoms. The van der Waals surface area contributed by atoms with E-state index in [4.69, 9.17) is 23.8 Å². The quantitative estimate of drug-likeness (QED) is 0.663. The second kappa shape index (κ2) is 5.83. The van der Waals surface area contributed by atoms with Gasteiger partial charge in [-0.15, -0.1) is 0 Å². The molecule has 112 valence electrons. The lowest BCUT2D eigenvalue weighted by molar-refractivity contribution is -0.115. The highest BCUT2D eigenvalue weighted by molar-refractivity contribution is 8.26. The number of carbonyl (C=O) groups is 1. The van der Waals surface area contributed by atoms with Crippen LogP contribution in [-0.2, 0) is 4.79 Å². The summed E-state index contributed by atoms with van der Waals surface area (Å²) in [6.07, 6.45) is 1.66. The van der Waals surface area contributed by atoms with Crippen molar-refractivity contribution in [3.63, 3.8) is 0 Å². The van der Waals surface area contributed by atoms with E-state index in [0.717, 1.165) is 0 Å². The maximum Gasteiger partial charge on any atom is 0.263 e. The van der Waals surface area contributed by atoms with E-state index in [1.54, 1.807) is 25.1 Å². The molecule has 0 spiro atoms. The van der Waals surface area contributed by atoms with Crippen molar-refractivity contribution in [3.8, 4) is 5.69 Å². The third-order valence-corrected chi connectivity index (χ3v) is 4.56. The van der Waals surface area contributed by atoms with Crippen LogP contribution in [0.3, 0.4) is 0 Å². The molecule has 0 radical (unpaired) electrons. The highest BCUT2D eigenvalue weighted by Gasteiger charge is 2.24. The summed E-state index contributed by atoms with van der Waals surface area (Å²) >= 11 is 12.5. The van der Waals surface area contributed by atoms with Crippen molar-refractivity contribution in [2.75, 3.05) is 0 Å². The number of aryl methyl sites for hydroxylation is 1. The predicted octanol–water partition coefficient (Wildman–Crippen LogP) is 3.46. The first-order valence-corrected chi connectivity index (χ1v) is 7.82. The number of thioether (sulfide) groups is 1. The molecule has 0 bridgehead atoms. The Morgan fingerprint density at radius 1 is 1.41 bits per heavy atom. The van der Waals surface area contributed by atoms with Crippen LogP contribution in [-0.4, -0.2) is 20.0 Å². The maximum absolute atomic E-state index is 13.0. The number of rotatable bonds is 2. The zero-order valence-electron chi connectivity index (χ0n) is 11.3. The van der Waals surface area contributed by atoms with Gasteiger partial charge in [0.25, 0.3) is 5.91 Å². The molecule has 2 heterocycles. The van der Waals surface area contributed by atoms with Crippen LogP contribution in [0.25, 0.3) is 11.8 Å². The second-order valence-electron chi connectivity index (χ2n) is 4.53. The van der Waals surface area contributed by atoms with E-state index in [1.165, 1.54) is 28.6 Å². The Morgan fingerprint density at radius 2 is 2.09 bits per heavy atom. The normalized spacial score (nSPS) is 16.4. The van der Waals surface area contributed by atoms with Crippen molar-refractivity contribution in [3.05, 3.63) is 51.4 Å². The summed E-state index contributed by atoms with van der Waals surface area (Å²) in [5.41, 5.74) is 1.93. The molecule has 1 fully saturated rings. The molecular formula is C14H9ClFN3OS2. The number of aromatic nitrogens is 2. The number of hydrogen-bond donors (Lipinski definition) is 1. The van der Waals surface area contributed by atoms with Crippen molar-refractivity contribution >= 4 is 51.9 Å². The minimum absolute atomic E-state index is 0.250.